The molecule has 17 heavy (non-hydrogen) atoms. The van der Waals surface area contributed by atoms with Crippen LogP contribution in [0.15, 0.2) is 23.3 Å². The Morgan fingerprint density at radius 2 is 2.29 bits per heavy atom. The van der Waals surface area contributed by atoms with E-state index in [1.165, 1.54) is 18.5 Å². The maximum Gasteiger partial charge on any atom is 0.293 e. The fraction of sp³-hybridized carbons (Fsp3) is 0.200. The van der Waals surface area contributed by atoms with E-state index in [1.807, 2.05) is 6.92 Å². The molecule has 0 aliphatic rings. The Balaban J connectivity index is 2.77. The van der Waals surface area contributed by atoms with Gasteiger partial charge in [0.2, 0.25) is 0 Å². The molecule has 0 atom stereocenters. The average Bonchev–Trinajstić information content (AvgIpc) is 2.29. The molecule has 88 valence electrons. The maximum atomic E-state index is 11.5. The highest BCUT2D eigenvalue weighted by molar-refractivity contribution is 5.86. The third kappa shape index (κ3) is 1.94. The van der Waals surface area contributed by atoms with Crippen LogP contribution in [0.1, 0.15) is 6.92 Å². The van der Waals surface area contributed by atoms with Crippen molar-refractivity contribution in [2.45, 2.75) is 6.92 Å². The zero-order valence-corrected chi connectivity index (χ0v) is 9.06. The topological polar surface area (TPSA) is 101 Å². The molecule has 0 saturated heterocycles. The summed E-state index contributed by atoms with van der Waals surface area (Å²) in [4.78, 5) is 28.2. The van der Waals surface area contributed by atoms with E-state index in [9.17, 15) is 14.9 Å². The van der Waals surface area contributed by atoms with Crippen molar-refractivity contribution in [1.82, 2.24) is 9.97 Å². The number of rotatable bonds is 3. The van der Waals surface area contributed by atoms with Crippen LogP contribution in [0.3, 0.4) is 0 Å². The largest absolute Gasteiger partial charge is 0.380 e. The number of hydrogen-bond acceptors (Lipinski definition) is 5. The van der Waals surface area contributed by atoms with Gasteiger partial charge in [-0.05, 0) is 13.0 Å². The zero-order chi connectivity index (χ0) is 12.4. The lowest BCUT2D eigenvalue weighted by molar-refractivity contribution is -0.383. The number of nitro groups is 1. The van der Waals surface area contributed by atoms with E-state index in [4.69, 9.17) is 0 Å². The second-order valence-corrected chi connectivity index (χ2v) is 3.41. The summed E-state index contributed by atoms with van der Waals surface area (Å²) in [6.07, 6.45) is 1.27. The van der Waals surface area contributed by atoms with Crippen LogP contribution < -0.4 is 10.9 Å². The van der Waals surface area contributed by atoms with Gasteiger partial charge < -0.3 is 10.3 Å². The second-order valence-electron chi connectivity index (χ2n) is 3.41. The van der Waals surface area contributed by atoms with Gasteiger partial charge in [-0.25, -0.2) is 4.98 Å². The highest BCUT2D eigenvalue weighted by Gasteiger charge is 2.16. The van der Waals surface area contributed by atoms with E-state index in [0.29, 0.717) is 17.7 Å². The summed E-state index contributed by atoms with van der Waals surface area (Å²) >= 11 is 0. The summed E-state index contributed by atoms with van der Waals surface area (Å²) in [5.41, 5.74) is 0.275. The molecule has 0 unspecified atom stereocenters. The second kappa shape index (κ2) is 4.20. The predicted octanol–water partition coefficient (Wildman–Crippen LogP) is 1.26. The first-order valence-electron chi connectivity index (χ1n) is 5.03. The Kier molecular flexibility index (Phi) is 2.73. The molecule has 0 aliphatic heterocycles. The molecule has 7 heteroatoms. The summed E-state index contributed by atoms with van der Waals surface area (Å²) < 4.78 is 0. The third-order valence-electron chi connectivity index (χ3n) is 2.32. The Labute approximate surface area is 95.6 Å². The van der Waals surface area contributed by atoms with Gasteiger partial charge in [0.1, 0.15) is 5.69 Å². The molecule has 0 spiro atoms. The number of nitrogens with zero attached hydrogens (tertiary/aromatic N) is 2. The Morgan fingerprint density at radius 1 is 1.53 bits per heavy atom. The minimum absolute atomic E-state index is 0.127. The van der Waals surface area contributed by atoms with Crippen molar-refractivity contribution in [1.29, 1.82) is 0 Å². The van der Waals surface area contributed by atoms with Gasteiger partial charge in [0.15, 0.2) is 0 Å². The van der Waals surface area contributed by atoms with Gasteiger partial charge in [-0.1, -0.05) is 0 Å². The summed E-state index contributed by atoms with van der Waals surface area (Å²) in [6.45, 7) is 2.38. The molecular weight excluding hydrogens is 224 g/mol. The Morgan fingerprint density at radius 3 is 2.94 bits per heavy atom. The summed E-state index contributed by atoms with van der Waals surface area (Å²) in [6, 6.07) is 2.74. The molecule has 0 amide bonds. The van der Waals surface area contributed by atoms with E-state index in [1.54, 1.807) is 0 Å². The number of fused-ring (bicyclic) bond motifs is 1. The maximum absolute atomic E-state index is 11.5. The van der Waals surface area contributed by atoms with Crippen LogP contribution in [0.5, 0.6) is 0 Å². The van der Waals surface area contributed by atoms with E-state index >= 15 is 0 Å². The van der Waals surface area contributed by atoms with Gasteiger partial charge in [-0.2, -0.15) is 0 Å². The highest BCUT2D eigenvalue weighted by atomic mass is 16.6. The molecule has 2 aromatic rings. The number of nitrogens with one attached hydrogen (secondary N) is 2. The number of H-pyrrole nitrogens is 1. The van der Waals surface area contributed by atoms with E-state index in [-0.39, 0.29) is 16.6 Å². The summed E-state index contributed by atoms with van der Waals surface area (Å²) in [5.74, 6) is 0. The Hall–Kier alpha value is -2.44. The van der Waals surface area contributed by atoms with E-state index in [0.717, 1.165) is 0 Å². The van der Waals surface area contributed by atoms with Gasteiger partial charge in [0.25, 0.3) is 11.2 Å². The number of aromatic nitrogens is 2. The first-order valence-corrected chi connectivity index (χ1v) is 5.03. The van der Waals surface area contributed by atoms with Crippen molar-refractivity contribution < 1.29 is 4.92 Å². The lowest BCUT2D eigenvalue weighted by Gasteiger charge is -2.05. The predicted molar refractivity (Wildman–Crippen MR) is 63.2 cm³/mol. The van der Waals surface area contributed by atoms with E-state index in [2.05, 4.69) is 15.3 Å². The molecule has 0 saturated carbocycles. The van der Waals surface area contributed by atoms with Crippen molar-refractivity contribution in [2.24, 2.45) is 0 Å². The normalized spacial score (nSPS) is 10.4. The fourth-order valence-corrected chi connectivity index (χ4v) is 1.59. The smallest absolute Gasteiger partial charge is 0.293 e. The van der Waals surface area contributed by atoms with E-state index < -0.39 is 4.92 Å². The summed E-state index contributed by atoms with van der Waals surface area (Å²) in [7, 11) is 0. The summed E-state index contributed by atoms with van der Waals surface area (Å²) in [5, 5.41) is 14.0. The van der Waals surface area contributed by atoms with Crippen LogP contribution in [-0.4, -0.2) is 21.4 Å². The molecule has 2 N–H and O–H groups in total. The molecule has 1 aromatic carbocycles. The van der Waals surface area contributed by atoms with Crippen LogP contribution >= 0.6 is 0 Å². The molecule has 7 nitrogen and oxygen atoms in total. The quantitative estimate of drug-likeness (QED) is 0.615. The molecule has 0 bridgehead atoms. The van der Waals surface area contributed by atoms with Gasteiger partial charge in [0.05, 0.1) is 22.2 Å². The molecule has 1 heterocycles. The zero-order valence-electron chi connectivity index (χ0n) is 9.06. The van der Waals surface area contributed by atoms with Gasteiger partial charge in [0, 0.05) is 12.6 Å². The van der Waals surface area contributed by atoms with Crippen molar-refractivity contribution in [2.75, 3.05) is 11.9 Å². The van der Waals surface area contributed by atoms with Crippen molar-refractivity contribution in [3.63, 3.8) is 0 Å². The number of hydrogen-bond donors (Lipinski definition) is 2. The number of nitro benzene ring substituents is 1. The van der Waals surface area contributed by atoms with Crippen LogP contribution in [0.25, 0.3) is 10.9 Å². The molecule has 2 rings (SSSR count). The molecule has 0 fully saturated rings. The van der Waals surface area contributed by atoms with Gasteiger partial charge >= 0.3 is 0 Å². The lowest BCUT2D eigenvalue weighted by Crippen LogP contribution is -2.08. The monoisotopic (exact) mass is 234 g/mol. The van der Waals surface area contributed by atoms with Crippen LogP contribution in [0.2, 0.25) is 0 Å². The first-order chi connectivity index (χ1) is 8.13. The molecule has 1 aromatic heterocycles. The standard InChI is InChI=1S/C10H10N4O3/c1-2-11-8-4-7-6(3-9(8)14(16)17)10(15)13-5-12-7/h3-5,11H,2H2,1H3,(H,12,13,15). The van der Waals surface area contributed by atoms with Crippen molar-refractivity contribution in [3.05, 3.63) is 38.9 Å². The van der Waals surface area contributed by atoms with Crippen LogP contribution in [0.4, 0.5) is 11.4 Å². The highest BCUT2D eigenvalue weighted by Crippen LogP contribution is 2.27. The van der Waals surface area contributed by atoms with Crippen LogP contribution in [-0.2, 0) is 0 Å². The van der Waals surface area contributed by atoms with Gasteiger partial charge in [-0.15, -0.1) is 0 Å². The average molecular weight is 234 g/mol. The fourth-order valence-electron chi connectivity index (χ4n) is 1.59. The molecule has 0 radical (unpaired) electrons. The van der Waals surface area contributed by atoms with Crippen molar-refractivity contribution in [3.8, 4) is 0 Å². The SMILES string of the molecule is CCNc1cc2nc[nH]c(=O)c2cc1[N+](=O)[O-]. The first kappa shape index (κ1) is 11.1. The number of benzene rings is 1. The van der Waals surface area contributed by atoms with Gasteiger partial charge in [-0.3, -0.25) is 14.9 Å². The third-order valence-corrected chi connectivity index (χ3v) is 2.32. The Bertz CT molecular complexity index is 635. The van der Waals surface area contributed by atoms with Crippen LogP contribution in [0, 0.1) is 10.1 Å². The molecular formula is C10H10N4O3. The lowest BCUT2D eigenvalue weighted by atomic mass is 10.2. The molecule has 0 aliphatic carbocycles. The van der Waals surface area contributed by atoms with Crippen molar-refractivity contribution >= 4 is 22.3 Å². The number of aromatic amines is 1. The minimum atomic E-state index is -0.524. The number of anilines is 1. The minimum Gasteiger partial charge on any atom is -0.380 e.